The van der Waals surface area contributed by atoms with Crippen LogP contribution in [0.4, 0.5) is 10.1 Å². The van der Waals surface area contributed by atoms with Gasteiger partial charge < -0.3 is 11.1 Å². The molecule has 0 spiro atoms. The predicted octanol–water partition coefficient (Wildman–Crippen LogP) is 1.93. The van der Waals surface area contributed by atoms with E-state index in [4.69, 9.17) is 11.0 Å². The molecule has 1 amide bonds. The van der Waals surface area contributed by atoms with Crippen molar-refractivity contribution in [3.63, 3.8) is 0 Å². The van der Waals surface area contributed by atoms with E-state index in [1.807, 2.05) is 19.9 Å². The Balaban J connectivity index is 3.01. The molecule has 0 aliphatic heterocycles. The molecule has 1 atom stereocenters. The molecule has 1 aromatic carbocycles. The van der Waals surface area contributed by atoms with E-state index in [-0.39, 0.29) is 23.1 Å². The largest absolute Gasteiger partial charge is 0.324 e. The lowest BCUT2D eigenvalue weighted by atomic mass is 10.0. The van der Waals surface area contributed by atoms with Gasteiger partial charge >= 0.3 is 0 Å². The maximum Gasteiger partial charge on any atom is 0.241 e. The molecule has 0 heterocycles. The normalized spacial score (nSPS) is 12.1. The van der Waals surface area contributed by atoms with Crippen LogP contribution in [0.15, 0.2) is 12.1 Å². The van der Waals surface area contributed by atoms with Crippen molar-refractivity contribution in [2.75, 3.05) is 5.32 Å². The van der Waals surface area contributed by atoms with Crippen LogP contribution < -0.4 is 11.1 Å². The van der Waals surface area contributed by atoms with Gasteiger partial charge in [-0.1, -0.05) is 13.8 Å². The molecule has 0 aromatic heterocycles. The summed E-state index contributed by atoms with van der Waals surface area (Å²) in [6.07, 6.45) is 0. The molecule has 18 heavy (non-hydrogen) atoms. The van der Waals surface area contributed by atoms with Crippen LogP contribution in [-0.2, 0) is 4.79 Å². The van der Waals surface area contributed by atoms with Gasteiger partial charge in [-0.05, 0) is 25.0 Å². The SMILES string of the molecule is Cc1c(F)cc(C#N)cc1NC(=O)C(N)C(C)C. The van der Waals surface area contributed by atoms with Crippen LogP contribution >= 0.6 is 0 Å². The van der Waals surface area contributed by atoms with Gasteiger partial charge in [0.15, 0.2) is 0 Å². The van der Waals surface area contributed by atoms with Crippen molar-refractivity contribution < 1.29 is 9.18 Å². The number of hydrogen-bond acceptors (Lipinski definition) is 3. The number of hydrogen-bond donors (Lipinski definition) is 2. The third-order valence-electron chi connectivity index (χ3n) is 2.75. The van der Waals surface area contributed by atoms with Gasteiger partial charge in [-0.15, -0.1) is 0 Å². The molecule has 3 N–H and O–H groups in total. The zero-order chi connectivity index (χ0) is 13.9. The number of anilines is 1. The number of rotatable bonds is 3. The first kappa shape index (κ1) is 14.1. The van der Waals surface area contributed by atoms with Crippen molar-refractivity contribution in [1.29, 1.82) is 5.26 Å². The maximum absolute atomic E-state index is 13.5. The summed E-state index contributed by atoms with van der Waals surface area (Å²) >= 11 is 0. The Bertz CT molecular complexity index is 506. The standard InChI is InChI=1S/C13H16FN3O/c1-7(2)12(16)13(18)17-11-5-9(6-15)4-10(14)8(11)3/h4-5,7,12H,16H2,1-3H3,(H,17,18). The number of amides is 1. The number of nitrogens with two attached hydrogens (primary N) is 1. The summed E-state index contributed by atoms with van der Waals surface area (Å²) in [4.78, 5) is 11.8. The second-order valence-electron chi connectivity index (χ2n) is 4.50. The molecule has 1 aromatic rings. The van der Waals surface area contributed by atoms with E-state index in [0.717, 1.165) is 6.07 Å². The Kier molecular flexibility index (Phi) is 4.40. The number of halogens is 1. The first-order chi connectivity index (χ1) is 8.36. The van der Waals surface area contributed by atoms with Gasteiger partial charge in [0.2, 0.25) is 5.91 Å². The second-order valence-corrected chi connectivity index (χ2v) is 4.50. The highest BCUT2D eigenvalue weighted by atomic mass is 19.1. The van der Waals surface area contributed by atoms with E-state index < -0.39 is 11.9 Å². The van der Waals surface area contributed by atoms with Crippen LogP contribution in [0.5, 0.6) is 0 Å². The fourth-order valence-electron chi connectivity index (χ4n) is 1.39. The first-order valence-corrected chi connectivity index (χ1v) is 5.63. The van der Waals surface area contributed by atoms with Crippen molar-refractivity contribution in [3.05, 3.63) is 29.1 Å². The highest BCUT2D eigenvalue weighted by Crippen LogP contribution is 2.20. The number of carbonyl (C=O) groups excluding carboxylic acids is 1. The molecule has 96 valence electrons. The van der Waals surface area contributed by atoms with Crippen LogP contribution in [0, 0.1) is 30.0 Å². The zero-order valence-electron chi connectivity index (χ0n) is 10.6. The second kappa shape index (κ2) is 5.61. The molecule has 4 nitrogen and oxygen atoms in total. The van der Waals surface area contributed by atoms with Crippen LogP contribution in [0.3, 0.4) is 0 Å². The smallest absolute Gasteiger partial charge is 0.241 e. The molecule has 1 rings (SSSR count). The molecule has 0 aliphatic rings. The minimum atomic E-state index is -0.668. The lowest BCUT2D eigenvalue weighted by molar-refractivity contribution is -0.118. The van der Waals surface area contributed by atoms with E-state index >= 15 is 0 Å². The molecule has 0 fully saturated rings. The number of nitrogens with one attached hydrogen (secondary N) is 1. The number of carbonyl (C=O) groups is 1. The van der Waals surface area contributed by atoms with E-state index in [9.17, 15) is 9.18 Å². The molecule has 1 unspecified atom stereocenters. The van der Waals surface area contributed by atoms with Gasteiger partial charge in [-0.25, -0.2) is 4.39 Å². The summed E-state index contributed by atoms with van der Waals surface area (Å²) < 4.78 is 13.5. The third-order valence-corrected chi connectivity index (χ3v) is 2.75. The Hall–Kier alpha value is -1.93. The zero-order valence-corrected chi connectivity index (χ0v) is 10.6. The van der Waals surface area contributed by atoms with Gasteiger partial charge in [0, 0.05) is 11.3 Å². The van der Waals surface area contributed by atoms with Gasteiger partial charge in [-0.2, -0.15) is 5.26 Å². The Morgan fingerprint density at radius 3 is 2.61 bits per heavy atom. The van der Waals surface area contributed by atoms with Crippen molar-refractivity contribution in [3.8, 4) is 6.07 Å². The fourth-order valence-corrected chi connectivity index (χ4v) is 1.39. The van der Waals surface area contributed by atoms with E-state index in [1.54, 1.807) is 0 Å². The molecule has 0 bridgehead atoms. The molecular formula is C13H16FN3O. The van der Waals surface area contributed by atoms with Crippen molar-refractivity contribution in [2.24, 2.45) is 11.7 Å². The quantitative estimate of drug-likeness (QED) is 0.859. The Morgan fingerprint density at radius 2 is 2.11 bits per heavy atom. The summed E-state index contributed by atoms with van der Waals surface area (Å²) in [5.41, 5.74) is 6.43. The number of nitriles is 1. The summed E-state index contributed by atoms with van der Waals surface area (Å²) in [5, 5.41) is 11.3. The van der Waals surface area contributed by atoms with E-state index in [1.165, 1.54) is 13.0 Å². The minimum Gasteiger partial charge on any atom is -0.324 e. The van der Waals surface area contributed by atoms with Crippen LogP contribution in [-0.4, -0.2) is 11.9 Å². The predicted molar refractivity (Wildman–Crippen MR) is 67.3 cm³/mol. The molecule has 0 radical (unpaired) electrons. The van der Waals surface area contributed by atoms with Gasteiger partial charge in [0.05, 0.1) is 17.7 Å². The van der Waals surface area contributed by atoms with Crippen LogP contribution in [0.2, 0.25) is 0 Å². The summed E-state index contributed by atoms with van der Waals surface area (Å²) in [6, 6.07) is 3.74. The molecule has 0 saturated heterocycles. The third kappa shape index (κ3) is 3.05. The monoisotopic (exact) mass is 249 g/mol. The molecule has 0 aliphatic carbocycles. The maximum atomic E-state index is 13.5. The van der Waals surface area contributed by atoms with Crippen molar-refractivity contribution in [2.45, 2.75) is 26.8 Å². The molecule has 0 saturated carbocycles. The first-order valence-electron chi connectivity index (χ1n) is 5.63. The highest BCUT2D eigenvalue weighted by molar-refractivity contribution is 5.95. The molecule has 5 heteroatoms. The van der Waals surface area contributed by atoms with Crippen molar-refractivity contribution >= 4 is 11.6 Å². The van der Waals surface area contributed by atoms with Gasteiger partial charge in [-0.3, -0.25) is 4.79 Å². The van der Waals surface area contributed by atoms with Crippen LogP contribution in [0.1, 0.15) is 25.0 Å². The van der Waals surface area contributed by atoms with Gasteiger partial charge in [0.25, 0.3) is 0 Å². The highest BCUT2D eigenvalue weighted by Gasteiger charge is 2.18. The topological polar surface area (TPSA) is 78.9 Å². The summed E-state index contributed by atoms with van der Waals surface area (Å²) in [7, 11) is 0. The lowest BCUT2D eigenvalue weighted by Gasteiger charge is -2.16. The van der Waals surface area contributed by atoms with Crippen molar-refractivity contribution in [1.82, 2.24) is 0 Å². The Morgan fingerprint density at radius 1 is 1.50 bits per heavy atom. The fraction of sp³-hybridized carbons (Fsp3) is 0.385. The summed E-state index contributed by atoms with van der Waals surface area (Å²) in [5.74, 6) is -0.931. The minimum absolute atomic E-state index is 0.0192. The number of benzene rings is 1. The van der Waals surface area contributed by atoms with E-state index in [0.29, 0.717) is 5.56 Å². The Labute approximate surface area is 106 Å². The van der Waals surface area contributed by atoms with Crippen LogP contribution in [0.25, 0.3) is 0 Å². The molecular weight excluding hydrogens is 233 g/mol. The van der Waals surface area contributed by atoms with E-state index in [2.05, 4.69) is 5.32 Å². The lowest BCUT2D eigenvalue weighted by Crippen LogP contribution is -2.39. The average Bonchev–Trinajstić information content (AvgIpc) is 2.33. The average molecular weight is 249 g/mol. The summed E-state index contributed by atoms with van der Waals surface area (Å²) in [6.45, 7) is 5.18. The van der Waals surface area contributed by atoms with Gasteiger partial charge in [0.1, 0.15) is 5.82 Å². The number of nitrogens with zero attached hydrogens (tertiary/aromatic N) is 1.